The Labute approximate surface area is 139 Å². The highest BCUT2D eigenvalue weighted by Crippen LogP contribution is 2.23. The first-order valence-electron chi connectivity index (χ1n) is 7.85. The van der Waals surface area contributed by atoms with Crippen molar-refractivity contribution < 1.29 is 13.9 Å². The van der Waals surface area contributed by atoms with E-state index < -0.39 is 0 Å². The lowest BCUT2D eigenvalue weighted by Gasteiger charge is -2.08. The van der Waals surface area contributed by atoms with Crippen LogP contribution in [-0.2, 0) is 11.2 Å². The third kappa shape index (κ3) is 3.74. The molecule has 0 saturated carbocycles. The van der Waals surface area contributed by atoms with E-state index in [2.05, 4.69) is 10.3 Å². The fourth-order valence-corrected chi connectivity index (χ4v) is 2.68. The molecule has 1 heterocycles. The number of amides is 1. The largest absolute Gasteiger partial charge is 0.492 e. The number of H-pyrrole nitrogens is 1. The Balaban J connectivity index is 1.55. The topological polar surface area (TPSA) is 54.1 Å². The Kier molecular flexibility index (Phi) is 4.79. The Hall–Kier alpha value is -2.82. The van der Waals surface area contributed by atoms with Crippen LogP contribution in [0.15, 0.2) is 48.5 Å². The van der Waals surface area contributed by atoms with Crippen LogP contribution in [0.25, 0.3) is 10.9 Å². The van der Waals surface area contributed by atoms with Gasteiger partial charge >= 0.3 is 0 Å². The average molecular weight is 326 g/mol. The summed E-state index contributed by atoms with van der Waals surface area (Å²) in [5, 5.41) is 3.58. The number of nitrogens with one attached hydrogen (secondary N) is 2. The monoisotopic (exact) mass is 326 g/mol. The van der Waals surface area contributed by atoms with Crippen molar-refractivity contribution in [1.29, 1.82) is 0 Å². The van der Waals surface area contributed by atoms with Crippen molar-refractivity contribution in [3.63, 3.8) is 0 Å². The maximum Gasteiger partial charge on any atom is 0.224 e. The molecule has 3 rings (SSSR count). The van der Waals surface area contributed by atoms with Crippen molar-refractivity contribution in [2.24, 2.45) is 0 Å². The highest BCUT2D eigenvalue weighted by Gasteiger charge is 2.13. The Bertz CT molecular complexity index is 843. The lowest BCUT2D eigenvalue weighted by Crippen LogP contribution is -2.29. The van der Waals surface area contributed by atoms with Gasteiger partial charge in [-0.2, -0.15) is 0 Å². The number of carbonyl (C=O) groups is 1. The van der Waals surface area contributed by atoms with E-state index in [-0.39, 0.29) is 18.1 Å². The second-order valence-electron chi connectivity index (χ2n) is 5.61. The van der Waals surface area contributed by atoms with Crippen LogP contribution in [0.1, 0.15) is 11.3 Å². The quantitative estimate of drug-likeness (QED) is 0.683. The van der Waals surface area contributed by atoms with Gasteiger partial charge in [-0.25, -0.2) is 4.39 Å². The van der Waals surface area contributed by atoms with Gasteiger partial charge < -0.3 is 15.0 Å². The van der Waals surface area contributed by atoms with Gasteiger partial charge in [-0.05, 0) is 42.8 Å². The fourth-order valence-electron chi connectivity index (χ4n) is 2.68. The van der Waals surface area contributed by atoms with E-state index in [0.29, 0.717) is 13.2 Å². The van der Waals surface area contributed by atoms with Crippen molar-refractivity contribution in [2.75, 3.05) is 13.2 Å². The number of halogens is 1. The van der Waals surface area contributed by atoms with Gasteiger partial charge in [0.2, 0.25) is 5.91 Å². The first-order chi connectivity index (χ1) is 11.6. The molecule has 24 heavy (non-hydrogen) atoms. The molecule has 0 saturated heterocycles. The van der Waals surface area contributed by atoms with E-state index >= 15 is 0 Å². The Morgan fingerprint density at radius 3 is 2.79 bits per heavy atom. The minimum Gasteiger partial charge on any atom is -0.492 e. The van der Waals surface area contributed by atoms with Gasteiger partial charge in [-0.15, -0.1) is 0 Å². The second kappa shape index (κ2) is 7.17. The number of ether oxygens (including phenoxy) is 1. The zero-order valence-electron chi connectivity index (χ0n) is 13.4. The lowest BCUT2D eigenvalue weighted by atomic mass is 10.1. The summed E-state index contributed by atoms with van der Waals surface area (Å²) in [6, 6.07) is 14.0. The molecular weight excluding hydrogens is 307 g/mol. The third-order valence-electron chi connectivity index (χ3n) is 3.86. The summed E-state index contributed by atoms with van der Waals surface area (Å²) >= 11 is 0. The predicted molar refractivity (Wildman–Crippen MR) is 91.6 cm³/mol. The summed E-state index contributed by atoms with van der Waals surface area (Å²) in [6.45, 7) is 2.71. The number of aromatic nitrogens is 1. The molecule has 124 valence electrons. The van der Waals surface area contributed by atoms with Crippen molar-refractivity contribution >= 4 is 16.8 Å². The number of carbonyl (C=O) groups excluding carboxylic acids is 1. The number of aromatic amines is 1. The normalized spacial score (nSPS) is 10.8. The van der Waals surface area contributed by atoms with Crippen LogP contribution in [-0.4, -0.2) is 24.0 Å². The Morgan fingerprint density at radius 2 is 2.00 bits per heavy atom. The van der Waals surface area contributed by atoms with E-state index in [0.717, 1.165) is 27.9 Å². The van der Waals surface area contributed by atoms with Crippen molar-refractivity contribution in [1.82, 2.24) is 10.3 Å². The van der Waals surface area contributed by atoms with Crippen LogP contribution in [0.5, 0.6) is 5.75 Å². The average Bonchev–Trinajstić information content (AvgIpc) is 2.88. The number of benzene rings is 2. The molecule has 0 spiro atoms. The molecule has 2 aromatic carbocycles. The van der Waals surface area contributed by atoms with Crippen LogP contribution in [0.3, 0.4) is 0 Å². The highest BCUT2D eigenvalue weighted by atomic mass is 19.1. The van der Waals surface area contributed by atoms with E-state index in [4.69, 9.17) is 4.74 Å². The number of hydrogen-bond acceptors (Lipinski definition) is 2. The van der Waals surface area contributed by atoms with Crippen molar-refractivity contribution in [3.05, 3.63) is 65.6 Å². The molecule has 0 fully saturated rings. The Morgan fingerprint density at radius 1 is 1.21 bits per heavy atom. The van der Waals surface area contributed by atoms with Crippen LogP contribution in [0.4, 0.5) is 4.39 Å². The zero-order chi connectivity index (χ0) is 16.9. The SMILES string of the molecule is Cc1[nH]c2ccc(F)cc2c1CC(=O)NCCOc1ccccc1. The number of rotatable bonds is 6. The fraction of sp³-hybridized carbons (Fsp3) is 0.211. The van der Waals surface area contributed by atoms with Gasteiger partial charge in [0.15, 0.2) is 0 Å². The number of aryl methyl sites for hydroxylation is 1. The number of hydrogen-bond donors (Lipinski definition) is 2. The molecule has 1 amide bonds. The van der Waals surface area contributed by atoms with Gasteiger partial charge in [0.25, 0.3) is 0 Å². The van der Waals surface area contributed by atoms with E-state index in [1.807, 2.05) is 37.3 Å². The molecule has 0 unspecified atom stereocenters. The lowest BCUT2D eigenvalue weighted by molar-refractivity contribution is -0.120. The van der Waals surface area contributed by atoms with Gasteiger partial charge in [-0.3, -0.25) is 4.79 Å². The molecule has 0 aliphatic carbocycles. The van der Waals surface area contributed by atoms with E-state index in [9.17, 15) is 9.18 Å². The molecule has 0 aliphatic rings. The second-order valence-corrected chi connectivity index (χ2v) is 5.61. The minimum atomic E-state index is -0.306. The highest BCUT2D eigenvalue weighted by molar-refractivity contribution is 5.90. The van der Waals surface area contributed by atoms with Gasteiger partial charge in [0, 0.05) is 16.6 Å². The molecule has 0 radical (unpaired) electrons. The first kappa shape index (κ1) is 16.1. The van der Waals surface area contributed by atoms with Gasteiger partial charge in [0.1, 0.15) is 18.2 Å². The summed E-state index contributed by atoms with van der Waals surface area (Å²) in [5.74, 6) is 0.356. The van der Waals surface area contributed by atoms with Crippen LogP contribution in [0.2, 0.25) is 0 Å². The minimum absolute atomic E-state index is 0.111. The summed E-state index contributed by atoms with van der Waals surface area (Å²) in [4.78, 5) is 15.3. The molecule has 5 heteroatoms. The maximum absolute atomic E-state index is 13.4. The molecule has 0 aliphatic heterocycles. The standard InChI is InChI=1S/C19H19FN2O2/c1-13-16(17-11-14(20)7-8-18(17)22-13)12-19(23)21-9-10-24-15-5-3-2-4-6-15/h2-8,11,22H,9-10,12H2,1H3,(H,21,23). The zero-order valence-corrected chi connectivity index (χ0v) is 13.4. The van der Waals surface area contributed by atoms with Gasteiger partial charge in [-0.1, -0.05) is 18.2 Å². The first-order valence-corrected chi connectivity index (χ1v) is 7.85. The van der Waals surface area contributed by atoms with Crippen LogP contribution in [0, 0.1) is 12.7 Å². The molecular formula is C19H19FN2O2. The van der Waals surface area contributed by atoms with Crippen molar-refractivity contribution in [2.45, 2.75) is 13.3 Å². The molecule has 1 aromatic heterocycles. The summed E-state index contributed by atoms with van der Waals surface area (Å²) in [7, 11) is 0. The molecule has 0 bridgehead atoms. The van der Waals surface area contributed by atoms with E-state index in [1.54, 1.807) is 6.07 Å². The summed E-state index contributed by atoms with van der Waals surface area (Å²) < 4.78 is 19.0. The molecule has 2 N–H and O–H groups in total. The van der Waals surface area contributed by atoms with Crippen LogP contribution >= 0.6 is 0 Å². The molecule has 3 aromatic rings. The number of para-hydroxylation sites is 1. The molecule has 0 atom stereocenters. The van der Waals surface area contributed by atoms with Crippen molar-refractivity contribution in [3.8, 4) is 5.75 Å². The maximum atomic E-state index is 13.4. The van der Waals surface area contributed by atoms with Gasteiger partial charge in [0.05, 0.1) is 13.0 Å². The summed E-state index contributed by atoms with van der Waals surface area (Å²) in [6.07, 6.45) is 0.209. The molecule has 4 nitrogen and oxygen atoms in total. The number of fused-ring (bicyclic) bond motifs is 1. The third-order valence-corrected chi connectivity index (χ3v) is 3.86. The van der Waals surface area contributed by atoms with E-state index in [1.165, 1.54) is 12.1 Å². The summed E-state index contributed by atoms with van der Waals surface area (Å²) in [5.41, 5.74) is 2.54. The predicted octanol–water partition coefficient (Wildman–Crippen LogP) is 3.35. The smallest absolute Gasteiger partial charge is 0.224 e. The van der Waals surface area contributed by atoms with Crippen LogP contribution < -0.4 is 10.1 Å².